The van der Waals surface area contributed by atoms with Gasteiger partial charge in [-0.05, 0) is 55.9 Å². The minimum atomic E-state index is -1.23. The molecule has 0 aromatic heterocycles. The Bertz CT molecular complexity index is 881. The Balaban J connectivity index is 1.86. The first-order valence-electron chi connectivity index (χ1n) is 12.9. The summed E-state index contributed by atoms with van der Waals surface area (Å²) >= 11 is 3.31. The fourth-order valence-electron chi connectivity index (χ4n) is 5.25. The number of cyclic esters (lactones) is 1. The molecule has 3 aliphatic heterocycles. The van der Waals surface area contributed by atoms with Gasteiger partial charge >= 0.3 is 5.97 Å². The van der Waals surface area contributed by atoms with Crippen LogP contribution in [0.5, 0.6) is 0 Å². The zero-order valence-corrected chi connectivity index (χ0v) is 24.2. The molecule has 204 valence electrons. The third kappa shape index (κ3) is 6.52. The Kier molecular flexibility index (Phi) is 9.36. The first kappa shape index (κ1) is 29.6. The Morgan fingerprint density at radius 3 is 2.56 bits per heavy atom. The van der Waals surface area contributed by atoms with E-state index in [0.717, 1.165) is 24.8 Å². The average Bonchev–Trinajstić information content (AvgIpc) is 3.22. The normalized spacial score (nSPS) is 42.4. The molecule has 7 nitrogen and oxygen atoms in total. The van der Waals surface area contributed by atoms with Crippen LogP contribution < -0.4 is 5.32 Å². The quantitative estimate of drug-likeness (QED) is 0.272. The number of carbonyl (C=O) groups excluding carboxylic acids is 2. The monoisotopic (exact) mass is 541 g/mol. The van der Waals surface area contributed by atoms with Gasteiger partial charge in [-0.15, -0.1) is 11.8 Å². The van der Waals surface area contributed by atoms with Crippen LogP contribution in [0.2, 0.25) is 0 Å². The molecule has 0 aromatic carbocycles. The van der Waals surface area contributed by atoms with E-state index in [1.54, 1.807) is 44.3 Å². The highest BCUT2D eigenvalue weighted by Crippen LogP contribution is 2.46. The summed E-state index contributed by atoms with van der Waals surface area (Å²) in [6.45, 7) is 11.0. The summed E-state index contributed by atoms with van der Waals surface area (Å²) < 4.78 is 11.7. The second-order valence-corrected chi connectivity index (χ2v) is 13.9. The molecule has 9 heteroatoms. The number of fused-ring (bicyclic) bond motifs is 1. The number of ether oxygens (including phenoxy) is 2. The third-order valence-corrected chi connectivity index (χ3v) is 10.7. The number of ketones is 1. The van der Waals surface area contributed by atoms with Crippen molar-refractivity contribution in [3.8, 4) is 0 Å². The van der Waals surface area contributed by atoms with Crippen LogP contribution in [0.15, 0.2) is 23.3 Å². The number of aliphatic hydroxyl groups excluding tert-OH is 2. The predicted molar refractivity (Wildman–Crippen MR) is 145 cm³/mol. The lowest BCUT2D eigenvalue weighted by atomic mass is 9.73. The number of Topliss-reactive ketones (excluding diaryl/α,β-unsaturated/α-hetero) is 1. The van der Waals surface area contributed by atoms with Gasteiger partial charge in [0.1, 0.15) is 11.9 Å². The molecule has 0 bridgehead atoms. The van der Waals surface area contributed by atoms with Gasteiger partial charge in [0.05, 0.1) is 35.7 Å². The molecule has 2 fully saturated rings. The average molecular weight is 542 g/mol. The van der Waals surface area contributed by atoms with Gasteiger partial charge < -0.3 is 25.0 Å². The number of hydrogen-bond donors (Lipinski definition) is 3. The number of esters is 1. The van der Waals surface area contributed by atoms with Crippen molar-refractivity contribution in [3.05, 3.63) is 23.3 Å². The van der Waals surface area contributed by atoms with Crippen LogP contribution >= 0.6 is 23.5 Å². The molecule has 0 saturated carbocycles. The fraction of sp³-hybridized carbons (Fsp3) is 0.778. The van der Waals surface area contributed by atoms with Crippen molar-refractivity contribution in [2.75, 3.05) is 6.26 Å². The van der Waals surface area contributed by atoms with E-state index in [1.165, 1.54) is 0 Å². The van der Waals surface area contributed by atoms with Crippen molar-refractivity contribution in [1.29, 1.82) is 0 Å². The van der Waals surface area contributed by atoms with Crippen molar-refractivity contribution in [2.45, 2.75) is 108 Å². The molecular weight excluding hydrogens is 498 g/mol. The van der Waals surface area contributed by atoms with Crippen molar-refractivity contribution in [3.63, 3.8) is 0 Å². The molecule has 2 saturated heterocycles. The zero-order chi connectivity index (χ0) is 26.9. The summed E-state index contributed by atoms with van der Waals surface area (Å²) in [7, 11) is 0. The number of thioether (sulfide) groups is 2. The lowest BCUT2D eigenvalue weighted by molar-refractivity contribution is -0.154. The molecule has 0 radical (unpaired) electrons. The molecule has 8 unspecified atom stereocenters. The molecule has 0 amide bonds. The highest BCUT2D eigenvalue weighted by molar-refractivity contribution is 8.19. The first-order valence-corrected chi connectivity index (χ1v) is 15.0. The second-order valence-electron chi connectivity index (χ2n) is 11.4. The summed E-state index contributed by atoms with van der Waals surface area (Å²) in [5, 5.41) is 27.1. The molecular formula is C27H43NO6S2. The maximum atomic E-state index is 13.3. The Hall–Kier alpha value is -1.00. The summed E-state index contributed by atoms with van der Waals surface area (Å²) in [6, 6.07) is 0. The Morgan fingerprint density at radius 2 is 1.94 bits per heavy atom. The van der Waals surface area contributed by atoms with Gasteiger partial charge in [-0.2, -0.15) is 0 Å². The third-order valence-electron chi connectivity index (χ3n) is 8.23. The van der Waals surface area contributed by atoms with Crippen LogP contribution in [0.4, 0.5) is 0 Å². The van der Waals surface area contributed by atoms with E-state index in [-0.39, 0.29) is 34.0 Å². The van der Waals surface area contributed by atoms with Gasteiger partial charge in [0.2, 0.25) is 0 Å². The second kappa shape index (κ2) is 11.4. The lowest BCUT2D eigenvalue weighted by Crippen LogP contribution is -2.45. The maximum absolute atomic E-state index is 13.3. The predicted octanol–water partition coefficient (Wildman–Crippen LogP) is 4.38. The largest absolute Gasteiger partial charge is 0.458 e. The number of rotatable bonds is 3. The number of aliphatic hydroxyl groups is 2. The van der Waals surface area contributed by atoms with E-state index in [4.69, 9.17) is 9.47 Å². The van der Waals surface area contributed by atoms with E-state index >= 15 is 0 Å². The lowest BCUT2D eigenvalue weighted by Gasteiger charge is -2.34. The van der Waals surface area contributed by atoms with E-state index in [1.807, 2.05) is 31.7 Å². The molecule has 3 rings (SSSR count). The van der Waals surface area contributed by atoms with E-state index < -0.39 is 35.6 Å². The highest BCUT2D eigenvalue weighted by Gasteiger charge is 2.53. The molecule has 3 aliphatic rings. The topological polar surface area (TPSA) is 108 Å². The van der Waals surface area contributed by atoms with Crippen molar-refractivity contribution in [1.82, 2.24) is 5.32 Å². The molecule has 0 spiro atoms. The Morgan fingerprint density at radius 1 is 1.25 bits per heavy atom. The molecule has 3 N–H and O–H groups in total. The summed E-state index contributed by atoms with van der Waals surface area (Å²) in [6.07, 6.45) is 6.14. The van der Waals surface area contributed by atoms with Gasteiger partial charge in [0.15, 0.2) is 4.20 Å². The van der Waals surface area contributed by atoms with Crippen LogP contribution in [-0.4, -0.2) is 62.4 Å². The van der Waals surface area contributed by atoms with Crippen LogP contribution in [0.1, 0.15) is 73.6 Å². The van der Waals surface area contributed by atoms with Gasteiger partial charge in [0.25, 0.3) is 0 Å². The van der Waals surface area contributed by atoms with Crippen LogP contribution in [0, 0.1) is 17.3 Å². The van der Waals surface area contributed by atoms with E-state index in [9.17, 15) is 19.8 Å². The van der Waals surface area contributed by atoms with E-state index in [0.29, 0.717) is 6.42 Å². The van der Waals surface area contributed by atoms with Crippen molar-refractivity contribution >= 4 is 35.3 Å². The summed E-state index contributed by atoms with van der Waals surface area (Å²) in [5.41, 5.74) is -0.585. The van der Waals surface area contributed by atoms with Gasteiger partial charge in [-0.1, -0.05) is 45.9 Å². The van der Waals surface area contributed by atoms with Crippen molar-refractivity contribution in [2.24, 2.45) is 17.3 Å². The van der Waals surface area contributed by atoms with Gasteiger partial charge in [0, 0.05) is 18.5 Å². The minimum absolute atomic E-state index is 0.0406. The molecule has 0 aliphatic carbocycles. The van der Waals surface area contributed by atoms with Gasteiger partial charge in [-0.25, -0.2) is 0 Å². The minimum Gasteiger partial charge on any atom is -0.458 e. The number of carbonyl (C=O) groups is 2. The number of epoxide rings is 1. The summed E-state index contributed by atoms with van der Waals surface area (Å²) in [5.74, 6) is -1.53. The molecule has 36 heavy (non-hydrogen) atoms. The standard InChI is InChI=1S/C27H43NO6S2/c1-16-9-8-10-26(6)21(34-26)13-19(17(2)15-27(35-7)28-11-12-36-27)33-22(30)14-20(29)25(4,5)24(32)18(3)23(16)31/h11-12,15-16,18-21,23,28-29,31H,8-10,13-14H2,1-7H3/b17-15+. The first-order chi connectivity index (χ1) is 16.7. The number of nitrogens with one attached hydrogen (secondary N) is 1. The summed E-state index contributed by atoms with van der Waals surface area (Å²) in [4.78, 5) is 26.3. The molecule has 8 atom stereocenters. The van der Waals surface area contributed by atoms with Crippen LogP contribution in [0.25, 0.3) is 0 Å². The van der Waals surface area contributed by atoms with E-state index in [2.05, 4.69) is 18.3 Å². The van der Waals surface area contributed by atoms with Gasteiger partial charge in [-0.3, -0.25) is 9.59 Å². The molecule has 3 heterocycles. The van der Waals surface area contributed by atoms with Crippen LogP contribution in [-0.2, 0) is 19.1 Å². The molecule has 0 aromatic rings. The Labute approximate surface area is 224 Å². The SMILES string of the molecule is CSC1(/C=C(\C)C2CC3OC3(C)CCCC(C)C(O)C(C)C(=O)C(C)(C)C(O)CC(=O)O2)NC=CS1. The fourth-order valence-corrected chi connectivity index (χ4v) is 7.02. The number of hydrogen-bond acceptors (Lipinski definition) is 9. The highest BCUT2D eigenvalue weighted by atomic mass is 32.2. The van der Waals surface area contributed by atoms with Crippen LogP contribution in [0.3, 0.4) is 0 Å². The maximum Gasteiger partial charge on any atom is 0.309 e. The smallest absolute Gasteiger partial charge is 0.309 e. The zero-order valence-electron chi connectivity index (χ0n) is 22.6. The van der Waals surface area contributed by atoms with Crippen molar-refractivity contribution < 1.29 is 29.3 Å².